The summed E-state index contributed by atoms with van der Waals surface area (Å²) in [5.41, 5.74) is -5.60. The molecule has 0 radical (unpaired) electrons. The molecule has 0 aliphatic heterocycles. The first-order chi connectivity index (χ1) is 6.74. The van der Waals surface area contributed by atoms with E-state index in [9.17, 15) is 26.0 Å². The van der Waals surface area contributed by atoms with Crippen molar-refractivity contribution in [2.75, 3.05) is 0 Å². The average Bonchev–Trinajstić information content (AvgIpc) is 2.06. The lowest BCUT2D eigenvalue weighted by Crippen LogP contribution is -2.28. The van der Waals surface area contributed by atoms with E-state index in [0.717, 1.165) is 12.3 Å². The smallest absolute Gasteiger partial charge is 0.371 e. The molecule has 0 fully saturated rings. The van der Waals surface area contributed by atoms with E-state index in [-0.39, 0.29) is 0 Å². The summed E-state index contributed by atoms with van der Waals surface area (Å²) < 4.78 is 72.4. The van der Waals surface area contributed by atoms with Crippen LogP contribution in [0.3, 0.4) is 0 Å². The summed E-state index contributed by atoms with van der Waals surface area (Å²) in [6, 6.07) is 1.75. The molecule has 0 saturated heterocycles. The molecule has 0 N–H and O–H groups in total. The van der Waals surface area contributed by atoms with Crippen molar-refractivity contribution in [1.29, 1.82) is 0 Å². The summed E-state index contributed by atoms with van der Waals surface area (Å²) in [6.45, 7) is 0. The first-order valence-electron chi connectivity index (χ1n) is 3.35. The van der Waals surface area contributed by atoms with Crippen LogP contribution in [-0.2, 0) is 10.1 Å². The molecule has 1 heterocycles. The van der Waals surface area contributed by atoms with E-state index in [1.807, 2.05) is 0 Å². The van der Waals surface area contributed by atoms with Crippen molar-refractivity contribution >= 4 is 10.1 Å². The quantitative estimate of drug-likeness (QED) is 0.342. The summed E-state index contributed by atoms with van der Waals surface area (Å²) in [4.78, 5) is 2.92. The van der Waals surface area contributed by atoms with E-state index >= 15 is 0 Å². The molecule has 0 unspecified atom stereocenters. The van der Waals surface area contributed by atoms with Crippen LogP contribution in [-0.4, -0.2) is 18.9 Å². The fourth-order valence-electron chi connectivity index (χ4n) is 0.599. The number of halogens is 4. The maximum absolute atomic E-state index is 12.6. The largest absolute Gasteiger partial charge is 0.534 e. The molecule has 0 atom stereocenters. The normalized spacial score (nSPS) is 12.5. The van der Waals surface area contributed by atoms with Gasteiger partial charge in [-0.1, -0.05) is 0 Å². The van der Waals surface area contributed by atoms with Crippen LogP contribution in [0.2, 0.25) is 0 Å². The standard InChI is InChI=1S/C6H3F4NO3S/c7-5-4(2-1-3-11-5)14-15(12,13)6(8,9)10/h1-3H. The Morgan fingerprint density at radius 3 is 2.40 bits per heavy atom. The Kier molecular flexibility index (Phi) is 2.84. The van der Waals surface area contributed by atoms with Crippen molar-refractivity contribution in [1.82, 2.24) is 4.98 Å². The van der Waals surface area contributed by atoms with Gasteiger partial charge in [0.2, 0.25) is 0 Å². The Bertz CT molecular complexity index is 456. The molecule has 1 aromatic rings. The first-order valence-corrected chi connectivity index (χ1v) is 4.76. The van der Waals surface area contributed by atoms with Crippen molar-refractivity contribution in [2.45, 2.75) is 5.51 Å². The molecule has 84 valence electrons. The minimum Gasteiger partial charge on any atom is -0.371 e. The van der Waals surface area contributed by atoms with Gasteiger partial charge in [0.05, 0.1) is 0 Å². The Morgan fingerprint density at radius 1 is 1.33 bits per heavy atom. The van der Waals surface area contributed by atoms with Crippen molar-refractivity contribution in [3.8, 4) is 5.75 Å². The Balaban J connectivity index is 3.03. The van der Waals surface area contributed by atoms with Gasteiger partial charge in [-0.2, -0.15) is 26.0 Å². The zero-order valence-corrected chi connectivity index (χ0v) is 7.64. The van der Waals surface area contributed by atoms with E-state index in [1.54, 1.807) is 0 Å². The molecule has 0 aliphatic rings. The van der Waals surface area contributed by atoms with Gasteiger partial charge >= 0.3 is 15.6 Å². The maximum Gasteiger partial charge on any atom is 0.534 e. The maximum atomic E-state index is 12.6. The molecule has 1 aromatic heterocycles. The second-order valence-corrected chi connectivity index (χ2v) is 3.81. The van der Waals surface area contributed by atoms with Crippen LogP contribution < -0.4 is 4.18 Å². The molecule has 4 nitrogen and oxygen atoms in total. The summed E-state index contributed by atoms with van der Waals surface area (Å²) in [7, 11) is -5.85. The summed E-state index contributed by atoms with van der Waals surface area (Å²) in [5.74, 6) is -2.54. The highest BCUT2D eigenvalue weighted by Crippen LogP contribution is 2.27. The average molecular weight is 245 g/mol. The highest BCUT2D eigenvalue weighted by molar-refractivity contribution is 7.87. The van der Waals surface area contributed by atoms with Gasteiger partial charge in [-0.3, -0.25) is 0 Å². The van der Waals surface area contributed by atoms with E-state index < -0.39 is 27.3 Å². The number of pyridine rings is 1. The lowest BCUT2D eigenvalue weighted by atomic mass is 10.5. The van der Waals surface area contributed by atoms with Crippen LogP contribution in [0.4, 0.5) is 17.6 Å². The molecular weight excluding hydrogens is 242 g/mol. The monoisotopic (exact) mass is 245 g/mol. The first kappa shape index (κ1) is 11.7. The van der Waals surface area contributed by atoms with Crippen molar-refractivity contribution in [3.63, 3.8) is 0 Å². The van der Waals surface area contributed by atoms with Crippen LogP contribution in [0.1, 0.15) is 0 Å². The van der Waals surface area contributed by atoms with Crippen LogP contribution in [0, 0.1) is 5.95 Å². The minimum absolute atomic E-state index is 0.714. The van der Waals surface area contributed by atoms with Crippen LogP contribution >= 0.6 is 0 Å². The number of hydrogen-bond acceptors (Lipinski definition) is 4. The van der Waals surface area contributed by atoms with Crippen LogP contribution in [0.25, 0.3) is 0 Å². The number of hydrogen-bond donors (Lipinski definition) is 0. The molecule has 0 bridgehead atoms. The Labute approximate surface area is 81.6 Å². The summed E-state index contributed by atoms with van der Waals surface area (Å²) in [6.07, 6.45) is 0.933. The van der Waals surface area contributed by atoms with E-state index in [4.69, 9.17) is 0 Å². The lowest BCUT2D eigenvalue weighted by molar-refractivity contribution is -0.0501. The molecule has 0 amide bonds. The van der Waals surface area contributed by atoms with Crippen LogP contribution in [0.15, 0.2) is 18.3 Å². The zero-order chi connectivity index (χ0) is 11.7. The van der Waals surface area contributed by atoms with Gasteiger partial charge in [0.15, 0.2) is 5.75 Å². The molecular formula is C6H3F4NO3S. The Morgan fingerprint density at radius 2 is 1.93 bits per heavy atom. The minimum atomic E-state index is -5.85. The van der Waals surface area contributed by atoms with E-state index in [1.165, 1.54) is 0 Å². The lowest BCUT2D eigenvalue weighted by Gasteiger charge is -2.08. The molecule has 1 rings (SSSR count). The van der Waals surface area contributed by atoms with Crippen molar-refractivity contribution in [2.24, 2.45) is 0 Å². The molecule has 9 heteroatoms. The molecule has 15 heavy (non-hydrogen) atoms. The van der Waals surface area contributed by atoms with E-state index in [0.29, 0.717) is 6.07 Å². The number of rotatable bonds is 2. The molecule has 0 saturated carbocycles. The van der Waals surface area contributed by atoms with E-state index in [2.05, 4.69) is 9.17 Å². The van der Waals surface area contributed by atoms with Crippen molar-refractivity contribution in [3.05, 3.63) is 24.3 Å². The van der Waals surface area contributed by atoms with Gasteiger partial charge in [0.1, 0.15) is 0 Å². The third-order valence-electron chi connectivity index (χ3n) is 1.21. The van der Waals surface area contributed by atoms with Crippen LogP contribution in [0.5, 0.6) is 5.75 Å². The summed E-state index contributed by atoms with van der Waals surface area (Å²) in [5, 5.41) is 0. The number of nitrogens with zero attached hydrogens (tertiary/aromatic N) is 1. The van der Waals surface area contributed by atoms with Gasteiger partial charge in [-0.15, -0.1) is 0 Å². The molecule has 0 aliphatic carbocycles. The number of alkyl halides is 3. The summed E-state index contributed by atoms with van der Waals surface area (Å²) >= 11 is 0. The highest BCUT2D eigenvalue weighted by Gasteiger charge is 2.48. The van der Waals surface area contributed by atoms with Crippen molar-refractivity contribution < 1.29 is 30.2 Å². The predicted molar refractivity (Wildman–Crippen MR) is 39.8 cm³/mol. The molecule has 0 spiro atoms. The number of aromatic nitrogens is 1. The van der Waals surface area contributed by atoms with Gasteiger partial charge in [-0.25, -0.2) is 4.98 Å². The second-order valence-electron chi connectivity index (χ2n) is 2.28. The fourth-order valence-corrected chi connectivity index (χ4v) is 1.05. The zero-order valence-electron chi connectivity index (χ0n) is 6.82. The fraction of sp³-hybridized carbons (Fsp3) is 0.167. The SMILES string of the molecule is O=S(=O)(Oc1cccnc1F)C(F)(F)F. The predicted octanol–water partition coefficient (Wildman–Crippen LogP) is 1.45. The topological polar surface area (TPSA) is 56.3 Å². The third kappa shape index (κ3) is 2.55. The van der Waals surface area contributed by atoms with Gasteiger partial charge in [0, 0.05) is 6.20 Å². The van der Waals surface area contributed by atoms with Gasteiger partial charge in [0.25, 0.3) is 5.95 Å². The molecule has 0 aromatic carbocycles. The highest BCUT2D eigenvalue weighted by atomic mass is 32.2. The van der Waals surface area contributed by atoms with Gasteiger partial charge < -0.3 is 4.18 Å². The van der Waals surface area contributed by atoms with Gasteiger partial charge in [-0.05, 0) is 12.1 Å². The second kappa shape index (κ2) is 3.65. The Hall–Kier alpha value is -1.38. The third-order valence-corrected chi connectivity index (χ3v) is 2.17.